The molecule has 0 aliphatic rings. The summed E-state index contributed by atoms with van der Waals surface area (Å²) >= 11 is 1.21. The van der Waals surface area contributed by atoms with Crippen molar-refractivity contribution in [2.24, 2.45) is 0 Å². The van der Waals surface area contributed by atoms with Crippen LogP contribution in [-0.4, -0.2) is 18.5 Å². The van der Waals surface area contributed by atoms with Crippen LogP contribution in [0, 0.1) is 13.8 Å². The quantitative estimate of drug-likeness (QED) is 0.319. The molecule has 0 fully saturated rings. The lowest BCUT2D eigenvalue weighted by Crippen LogP contribution is -2.21. The number of rotatable bonds is 5. The van der Waals surface area contributed by atoms with Crippen molar-refractivity contribution in [1.82, 2.24) is 0 Å². The molecule has 0 aliphatic carbocycles. The molecule has 32 heavy (non-hydrogen) atoms. The van der Waals surface area contributed by atoms with Gasteiger partial charge in [-0.25, -0.2) is 9.59 Å². The van der Waals surface area contributed by atoms with E-state index in [0.29, 0.717) is 21.5 Å². The van der Waals surface area contributed by atoms with Crippen molar-refractivity contribution in [2.75, 3.05) is 11.9 Å². The van der Waals surface area contributed by atoms with Gasteiger partial charge in [-0.2, -0.15) is 0 Å². The van der Waals surface area contributed by atoms with Crippen molar-refractivity contribution >= 4 is 39.2 Å². The third kappa shape index (κ3) is 4.07. The summed E-state index contributed by atoms with van der Waals surface area (Å²) in [6.07, 6.45) is 0. The molecule has 2 heterocycles. The van der Waals surface area contributed by atoms with Crippen molar-refractivity contribution in [2.45, 2.75) is 20.8 Å². The molecule has 0 atom stereocenters. The van der Waals surface area contributed by atoms with Crippen LogP contribution in [0.15, 0.2) is 63.1 Å². The number of carbonyl (C=O) groups is 2. The SMILES string of the molecule is CCOC(=O)c1c(-c2ccc(C)cc2C)csc1NC(=O)c1cc2ccccc2oc1=O. The normalized spacial score (nSPS) is 10.8. The molecule has 4 rings (SSSR count). The van der Waals surface area contributed by atoms with Gasteiger partial charge >= 0.3 is 11.6 Å². The van der Waals surface area contributed by atoms with Gasteiger partial charge in [0.15, 0.2) is 0 Å². The first-order valence-corrected chi connectivity index (χ1v) is 11.0. The van der Waals surface area contributed by atoms with Gasteiger partial charge in [-0.1, -0.05) is 42.0 Å². The van der Waals surface area contributed by atoms with E-state index in [1.54, 1.807) is 31.2 Å². The number of amides is 1. The summed E-state index contributed by atoms with van der Waals surface area (Å²) in [5.74, 6) is -1.19. The highest BCUT2D eigenvalue weighted by atomic mass is 32.1. The minimum atomic E-state index is -0.745. The van der Waals surface area contributed by atoms with Crippen molar-refractivity contribution in [3.05, 3.63) is 86.6 Å². The molecular weight excluding hydrogens is 426 g/mol. The Morgan fingerprint density at radius 1 is 1.06 bits per heavy atom. The summed E-state index contributed by atoms with van der Waals surface area (Å²) in [7, 11) is 0. The number of para-hydroxylation sites is 1. The number of carbonyl (C=O) groups excluding carboxylic acids is 2. The minimum Gasteiger partial charge on any atom is -0.462 e. The zero-order valence-electron chi connectivity index (χ0n) is 17.9. The summed E-state index contributed by atoms with van der Waals surface area (Å²) in [5.41, 5.74) is 3.44. The number of ether oxygens (including phenoxy) is 1. The molecule has 162 valence electrons. The average Bonchev–Trinajstić information content (AvgIpc) is 3.16. The number of hydrogen-bond acceptors (Lipinski definition) is 6. The monoisotopic (exact) mass is 447 g/mol. The van der Waals surface area contributed by atoms with E-state index in [-0.39, 0.29) is 17.7 Å². The first-order chi connectivity index (χ1) is 15.4. The van der Waals surface area contributed by atoms with E-state index in [0.717, 1.165) is 16.7 Å². The van der Waals surface area contributed by atoms with Gasteiger partial charge in [0.2, 0.25) is 0 Å². The maximum atomic E-state index is 13.0. The van der Waals surface area contributed by atoms with E-state index < -0.39 is 17.5 Å². The van der Waals surface area contributed by atoms with Crippen LogP contribution in [0.5, 0.6) is 0 Å². The van der Waals surface area contributed by atoms with Gasteiger partial charge in [0.25, 0.3) is 5.91 Å². The number of aryl methyl sites for hydroxylation is 2. The van der Waals surface area contributed by atoms with E-state index in [4.69, 9.17) is 9.15 Å². The molecular formula is C25H21NO5S. The Morgan fingerprint density at radius 2 is 1.84 bits per heavy atom. The van der Waals surface area contributed by atoms with Gasteiger partial charge in [-0.05, 0) is 44.0 Å². The molecule has 0 unspecified atom stereocenters. The van der Waals surface area contributed by atoms with E-state index in [9.17, 15) is 14.4 Å². The minimum absolute atomic E-state index is 0.139. The Balaban J connectivity index is 1.76. The molecule has 2 aromatic carbocycles. The van der Waals surface area contributed by atoms with E-state index in [1.807, 2.05) is 37.4 Å². The van der Waals surface area contributed by atoms with Crippen molar-refractivity contribution in [3.8, 4) is 11.1 Å². The smallest absolute Gasteiger partial charge is 0.349 e. The molecule has 0 saturated heterocycles. The highest BCUT2D eigenvalue weighted by Crippen LogP contribution is 2.38. The Bertz CT molecular complexity index is 1400. The number of anilines is 1. The Labute approximate surface area is 188 Å². The van der Waals surface area contributed by atoms with Gasteiger partial charge in [-0.3, -0.25) is 4.79 Å². The van der Waals surface area contributed by atoms with Gasteiger partial charge in [-0.15, -0.1) is 11.3 Å². The summed E-state index contributed by atoms with van der Waals surface area (Å²) in [5, 5.41) is 5.46. The molecule has 0 saturated carbocycles. The third-order valence-corrected chi connectivity index (χ3v) is 5.95. The molecule has 1 amide bonds. The molecule has 7 heteroatoms. The van der Waals surface area contributed by atoms with E-state index in [2.05, 4.69) is 5.32 Å². The Morgan fingerprint density at radius 3 is 2.59 bits per heavy atom. The largest absolute Gasteiger partial charge is 0.462 e. The lowest BCUT2D eigenvalue weighted by Gasteiger charge is -2.11. The molecule has 0 aliphatic heterocycles. The maximum absolute atomic E-state index is 13.0. The van der Waals surface area contributed by atoms with Crippen LogP contribution in [-0.2, 0) is 4.74 Å². The number of benzene rings is 2. The van der Waals surface area contributed by atoms with Crippen molar-refractivity contribution in [1.29, 1.82) is 0 Å². The highest BCUT2D eigenvalue weighted by molar-refractivity contribution is 7.15. The van der Waals surface area contributed by atoms with Crippen LogP contribution in [0.2, 0.25) is 0 Å². The van der Waals surface area contributed by atoms with Crippen LogP contribution in [0.3, 0.4) is 0 Å². The molecule has 6 nitrogen and oxygen atoms in total. The van der Waals surface area contributed by atoms with Crippen LogP contribution in [0.25, 0.3) is 22.1 Å². The first-order valence-electron chi connectivity index (χ1n) is 10.1. The van der Waals surface area contributed by atoms with Crippen LogP contribution < -0.4 is 10.9 Å². The van der Waals surface area contributed by atoms with Gasteiger partial charge in [0.1, 0.15) is 21.7 Å². The summed E-state index contributed by atoms with van der Waals surface area (Å²) in [4.78, 5) is 38.1. The van der Waals surface area contributed by atoms with Crippen LogP contribution >= 0.6 is 11.3 Å². The summed E-state index contributed by atoms with van der Waals surface area (Å²) in [6.45, 7) is 5.88. The fourth-order valence-corrected chi connectivity index (χ4v) is 4.50. The first kappa shape index (κ1) is 21.5. The Hall–Kier alpha value is -3.71. The number of thiophene rings is 1. The molecule has 0 bridgehead atoms. The zero-order chi connectivity index (χ0) is 22.8. The Kier molecular flexibility index (Phi) is 5.92. The molecule has 1 N–H and O–H groups in total. The molecule has 0 radical (unpaired) electrons. The average molecular weight is 448 g/mol. The standard InChI is InChI=1S/C25H21NO5S/c1-4-30-25(29)21-19(17-10-9-14(2)11-15(17)3)13-32-23(21)26-22(27)18-12-16-7-5-6-8-20(16)31-24(18)28/h5-13H,4H2,1-3H3,(H,26,27). The van der Waals surface area contributed by atoms with Crippen molar-refractivity contribution < 1.29 is 18.7 Å². The van der Waals surface area contributed by atoms with E-state index >= 15 is 0 Å². The zero-order valence-corrected chi connectivity index (χ0v) is 18.7. The van der Waals surface area contributed by atoms with E-state index in [1.165, 1.54) is 17.4 Å². The topological polar surface area (TPSA) is 85.6 Å². The predicted molar refractivity (Wildman–Crippen MR) is 126 cm³/mol. The second-order valence-corrected chi connectivity index (χ2v) is 8.21. The van der Waals surface area contributed by atoms with Crippen LogP contribution in [0.1, 0.15) is 38.8 Å². The molecule has 4 aromatic rings. The maximum Gasteiger partial charge on any atom is 0.349 e. The number of nitrogens with one attached hydrogen (secondary N) is 1. The highest BCUT2D eigenvalue weighted by Gasteiger charge is 2.25. The number of esters is 1. The predicted octanol–water partition coefficient (Wildman–Crippen LogP) is 5.57. The molecule has 2 aromatic heterocycles. The summed E-state index contributed by atoms with van der Waals surface area (Å²) < 4.78 is 10.5. The van der Waals surface area contributed by atoms with Crippen molar-refractivity contribution in [3.63, 3.8) is 0 Å². The van der Waals surface area contributed by atoms with Gasteiger partial charge in [0.05, 0.1) is 6.61 Å². The second kappa shape index (κ2) is 8.80. The second-order valence-electron chi connectivity index (χ2n) is 7.33. The fourth-order valence-electron chi connectivity index (χ4n) is 3.56. The molecule has 0 spiro atoms. The number of hydrogen-bond donors (Lipinski definition) is 1. The van der Waals surface area contributed by atoms with Gasteiger partial charge < -0.3 is 14.5 Å². The lowest BCUT2D eigenvalue weighted by atomic mass is 9.97. The third-order valence-electron chi connectivity index (χ3n) is 5.06. The van der Waals surface area contributed by atoms with Gasteiger partial charge in [0, 0.05) is 16.3 Å². The summed E-state index contributed by atoms with van der Waals surface area (Å²) in [6, 6.07) is 14.4. The van der Waals surface area contributed by atoms with Crippen LogP contribution in [0.4, 0.5) is 5.00 Å². The number of fused-ring (bicyclic) bond motifs is 1. The fraction of sp³-hybridized carbons (Fsp3) is 0.160. The lowest BCUT2D eigenvalue weighted by molar-refractivity contribution is 0.0529.